The van der Waals surface area contributed by atoms with Gasteiger partial charge in [0.2, 0.25) is 0 Å². The molecule has 1 saturated heterocycles. The van der Waals surface area contributed by atoms with E-state index in [0.29, 0.717) is 12.5 Å². The molecule has 5 heteroatoms. The molecule has 5 nitrogen and oxygen atoms in total. The molecule has 0 saturated carbocycles. The topological polar surface area (TPSA) is 43.2 Å². The normalized spacial score (nSPS) is 20.2. The van der Waals surface area contributed by atoms with E-state index in [-0.39, 0.29) is 0 Å². The van der Waals surface area contributed by atoms with Gasteiger partial charge in [-0.15, -0.1) is 0 Å². The highest BCUT2D eigenvalue weighted by molar-refractivity contribution is 5.71. The fraction of sp³-hybridized carbons (Fsp3) is 0.625. The molecular weight excluding hydrogens is 264 g/mol. The number of aromatic nitrogens is 3. The summed E-state index contributed by atoms with van der Waals surface area (Å²) in [5.41, 5.74) is 2.00. The molecule has 3 rings (SSSR count). The minimum absolute atomic E-state index is 0.685. The molecule has 2 aromatic rings. The van der Waals surface area contributed by atoms with Crippen LogP contribution in [0.25, 0.3) is 11.2 Å². The van der Waals surface area contributed by atoms with Crippen molar-refractivity contribution in [3.63, 3.8) is 0 Å². The van der Waals surface area contributed by atoms with Crippen molar-refractivity contribution in [1.82, 2.24) is 19.4 Å². The van der Waals surface area contributed by atoms with Gasteiger partial charge >= 0.3 is 0 Å². The Morgan fingerprint density at radius 3 is 3.14 bits per heavy atom. The number of nitrogens with zero attached hydrogens (tertiary/aromatic N) is 4. The van der Waals surface area contributed by atoms with Gasteiger partial charge in [0.15, 0.2) is 5.65 Å². The Balaban J connectivity index is 1.87. The van der Waals surface area contributed by atoms with Gasteiger partial charge in [-0.2, -0.15) is 0 Å². The minimum atomic E-state index is 0.685. The van der Waals surface area contributed by atoms with Crippen LogP contribution < -0.4 is 0 Å². The predicted octanol–water partition coefficient (Wildman–Crippen LogP) is 1.96. The first-order chi connectivity index (χ1) is 10.3. The van der Waals surface area contributed by atoms with Gasteiger partial charge in [0.25, 0.3) is 0 Å². The van der Waals surface area contributed by atoms with E-state index in [4.69, 9.17) is 9.72 Å². The molecule has 1 aliphatic rings. The van der Waals surface area contributed by atoms with Crippen LogP contribution in [0.15, 0.2) is 18.3 Å². The summed E-state index contributed by atoms with van der Waals surface area (Å²) in [6.07, 6.45) is 5.28. The Kier molecular flexibility index (Phi) is 4.51. The van der Waals surface area contributed by atoms with E-state index in [1.165, 1.54) is 19.4 Å². The lowest BCUT2D eigenvalue weighted by Gasteiger charge is -2.30. The van der Waals surface area contributed by atoms with Gasteiger partial charge < -0.3 is 14.2 Å². The lowest BCUT2D eigenvalue weighted by Crippen LogP contribution is -2.34. The molecule has 0 aliphatic carbocycles. The summed E-state index contributed by atoms with van der Waals surface area (Å²) in [7, 11) is 3.95. The van der Waals surface area contributed by atoms with Crippen molar-refractivity contribution in [3.05, 3.63) is 24.2 Å². The molecule has 1 aliphatic heterocycles. The smallest absolute Gasteiger partial charge is 0.159 e. The van der Waals surface area contributed by atoms with Gasteiger partial charge in [0.1, 0.15) is 11.3 Å². The van der Waals surface area contributed by atoms with Gasteiger partial charge in [-0.3, -0.25) is 0 Å². The number of hydrogen-bond donors (Lipinski definition) is 0. The maximum atomic E-state index is 5.22. The Morgan fingerprint density at radius 1 is 1.43 bits per heavy atom. The van der Waals surface area contributed by atoms with Gasteiger partial charge in [-0.05, 0) is 44.5 Å². The van der Waals surface area contributed by atoms with Gasteiger partial charge in [0, 0.05) is 32.8 Å². The molecule has 2 aromatic heterocycles. The molecule has 3 heterocycles. The van der Waals surface area contributed by atoms with Crippen LogP contribution in [-0.4, -0.2) is 53.3 Å². The van der Waals surface area contributed by atoms with Crippen LogP contribution in [-0.2, 0) is 17.7 Å². The first kappa shape index (κ1) is 14.5. The molecule has 0 radical (unpaired) electrons. The van der Waals surface area contributed by atoms with E-state index in [1.807, 2.05) is 18.3 Å². The minimum Gasteiger partial charge on any atom is -0.384 e. The van der Waals surface area contributed by atoms with Gasteiger partial charge in [-0.1, -0.05) is 0 Å². The summed E-state index contributed by atoms with van der Waals surface area (Å²) in [6, 6.07) is 4.00. The van der Waals surface area contributed by atoms with Crippen molar-refractivity contribution in [2.45, 2.75) is 25.8 Å². The number of likely N-dealkylation sites (tertiary alicyclic amines) is 1. The molecular formula is C16H24N4O. The van der Waals surface area contributed by atoms with Crippen molar-refractivity contribution in [2.75, 3.05) is 33.9 Å². The third-order valence-electron chi connectivity index (χ3n) is 4.28. The third-order valence-corrected chi connectivity index (χ3v) is 4.28. The van der Waals surface area contributed by atoms with E-state index in [2.05, 4.69) is 21.5 Å². The first-order valence-electron chi connectivity index (χ1n) is 7.75. The first-order valence-corrected chi connectivity index (χ1v) is 7.75. The van der Waals surface area contributed by atoms with Gasteiger partial charge in [0.05, 0.1) is 6.61 Å². The summed E-state index contributed by atoms with van der Waals surface area (Å²) >= 11 is 0. The summed E-state index contributed by atoms with van der Waals surface area (Å²) in [5, 5.41) is 0. The zero-order chi connectivity index (χ0) is 14.7. The fourth-order valence-corrected chi connectivity index (χ4v) is 3.26. The summed E-state index contributed by atoms with van der Waals surface area (Å²) in [4.78, 5) is 11.7. The summed E-state index contributed by atoms with van der Waals surface area (Å²) in [5.74, 6) is 1.78. The van der Waals surface area contributed by atoms with Crippen LogP contribution in [0.1, 0.15) is 18.7 Å². The fourth-order valence-electron chi connectivity index (χ4n) is 3.26. The number of rotatable bonds is 5. The van der Waals surface area contributed by atoms with Crippen molar-refractivity contribution in [3.8, 4) is 0 Å². The molecule has 0 aromatic carbocycles. The lowest BCUT2D eigenvalue weighted by molar-refractivity contribution is 0.188. The highest BCUT2D eigenvalue weighted by Gasteiger charge is 2.20. The van der Waals surface area contributed by atoms with Crippen molar-refractivity contribution < 1.29 is 4.74 Å². The Hall–Kier alpha value is -1.46. The number of hydrogen-bond acceptors (Lipinski definition) is 4. The van der Waals surface area contributed by atoms with Crippen LogP contribution in [0.5, 0.6) is 0 Å². The number of methoxy groups -OCH3 is 1. The molecule has 0 amide bonds. The average molecular weight is 288 g/mol. The molecule has 0 bridgehead atoms. The SMILES string of the molecule is COCCc1nc2cccnc2n1CC1CCCN(C)C1. The quantitative estimate of drug-likeness (QED) is 0.843. The van der Waals surface area contributed by atoms with E-state index in [1.54, 1.807) is 7.11 Å². The van der Waals surface area contributed by atoms with Crippen molar-refractivity contribution in [1.29, 1.82) is 0 Å². The largest absolute Gasteiger partial charge is 0.384 e. The second-order valence-corrected chi connectivity index (χ2v) is 6.00. The van der Waals surface area contributed by atoms with E-state index in [9.17, 15) is 0 Å². The number of fused-ring (bicyclic) bond motifs is 1. The predicted molar refractivity (Wildman–Crippen MR) is 83.3 cm³/mol. The number of imidazole rings is 1. The molecule has 0 spiro atoms. The summed E-state index contributed by atoms with van der Waals surface area (Å²) < 4.78 is 7.53. The Labute approximate surface area is 125 Å². The zero-order valence-electron chi connectivity index (χ0n) is 13.0. The van der Waals surface area contributed by atoms with Crippen LogP contribution in [0.3, 0.4) is 0 Å². The second kappa shape index (κ2) is 6.54. The highest BCUT2D eigenvalue weighted by Crippen LogP contribution is 2.21. The van der Waals surface area contributed by atoms with E-state index in [0.717, 1.165) is 36.5 Å². The monoisotopic (exact) mass is 288 g/mol. The van der Waals surface area contributed by atoms with Crippen LogP contribution >= 0.6 is 0 Å². The van der Waals surface area contributed by atoms with E-state index >= 15 is 0 Å². The molecule has 114 valence electrons. The number of piperidine rings is 1. The Morgan fingerprint density at radius 2 is 2.33 bits per heavy atom. The molecule has 0 N–H and O–H groups in total. The maximum Gasteiger partial charge on any atom is 0.159 e. The Bertz CT molecular complexity index is 595. The number of ether oxygens (including phenoxy) is 1. The highest BCUT2D eigenvalue weighted by atomic mass is 16.5. The van der Waals surface area contributed by atoms with Crippen LogP contribution in [0.2, 0.25) is 0 Å². The van der Waals surface area contributed by atoms with Crippen molar-refractivity contribution >= 4 is 11.2 Å². The third kappa shape index (κ3) is 3.24. The molecule has 21 heavy (non-hydrogen) atoms. The van der Waals surface area contributed by atoms with Crippen molar-refractivity contribution in [2.24, 2.45) is 5.92 Å². The maximum absolute atomic E-state index is 5.22. The summed E-state index contributed by atoms with van der Waals surface area (Å²) in [6.45, 7) is 4.09. The second-order valence-electron chi connectivity index (χ2n) is 6.00. The molecule has 1 fully saturated rings. The van der Waals surface area contributed by atoms with E-state index < -0.39 is 0 Å². The number of pyridine rings is 1. The van der Waals surface area contributed by atoms with Gasteiger partial charge in [-0.25, -0.2) is 9.97 Å². The average Bonchev–Trinajstić information content (AvgIpc) is 2.83. The lowest BCUT2D eigenvalue weighted by atomic mass is 9.98. The zero-order valence-corrected chi connectivity index (χ0v) is 13.0. The molecule has 1 atom stereocenters. The van der Waals surface area contributed by atoms with Crippen LogP contribution in [0.4, 0.5) is 0 Å². The standard InChI is InChI=1S/C16H24N4O/c1-19-9-4-5-13(11-19)12-20-15(7-10-21-2)18-14-6-3-8-17-16(14)20/h3,6,8,13H,4-5,7,9-12H2,1-2H3. The van der Waals surface area contributed by atoms with Crippen LogP contribution in [0, 0.1) is 5.92 Å². The molecule has 1 unspecified atom stereocenters.